The minimum Gasteiger partial charge on any atom is -0.479 e. The molecule has 9 heteroatoms. The number of carboxylic acids is 1. The molecule has 0 amide bonds. The predicted octanol–water partition coefficient (Wildman–Crippen LogP) is 2.08. The lowest BCUT2D eigenvalue weighted by atomic mass is 10.0. The normalized spacial score (nSPS) is 14.1. The molecule has 2 N–H and O–H groups in total. The number of anilines is 1. The van der Waals surface area contributed by atoms with Gasteiger partial charge in [0.25, 0.3) is 0 Å². The van der Waals surface area contributed by atoms with Gasteiger partial charge in [0.1, 0.15) is 11.4 Å². The topological polar surface area (TPSA) is 88.5 Å². The number of aromatic nitrogens is 1. The molecule has 0 saturated heterocycles. The van der Waals surface area contributed by atoms with Crippen molar-refractivity contribution in [3.63, 3.8) is 0 Å². The lowest BCUT2D eigenvalue weighted by Crippen LogP contribution is -2.56. The molecule has 0 aliphatic carbocycles. The number of nitrogens with zero attached hydrogens (tertiary/aromatic N) is 1. The second kappa shape index (κ2) is 5.98. The first-order chi connectivity index (χ1) is 9.63. The Labute approximate surface area is 117 Å². The van der Waals surface area contributed by atoms with Crippen LogP contribution in [0.5, 0.6) is 0 Å². The molecule has 0 aliphatic heterocycles. The van der Waals surface area contributed by atoms with Gasteiger partial charge in [0.05, 0.1) is 6.61 Å². The first-order valence-corrected chi connectivity index (χ1v) is 5.84. The van der Waals surface area contributed by atoms with Crippen molar-refractivity contribution in [1.29, 1.82) is 0 Å². The van der Waals surface area contributed by atoms with E-state index in [1.165, 1.54) is 19.1 Å². The number of carboxylic acid groups (broad SMARTS) is 1. The minimum atomic E-state index is -5.09. The van der Waals surface area contributed by atoms with E-state index in [0.29, 0.717) is 6.92 Å². The van der Waals surface area contributed by atoms with Crippen LogP contribution in [0.2, 0.25) is 0 Å². The van der Waals surface area contributed by atoms with Crippen molar-refractivity contribution in [3.05, 3.63) is 23.9 Å². The van der Waals surface area contributed by atoms with Crippen molar-refractivity contribution in [2.75, 3.05) is 11.9 Å². The third-order valence-electron chi connectivity index (χ3n) is 2.67. The zero-order valence-electron chi connectivity index (χ0n) is 11.2. The molecule has 6 nitrogen and oxygen atoms in total. The number of hydrogen-bond acceptors (Lipinski definition) is 5. The fourth-order valence-corrected chi connectivity index (χ4v) is 1.36. The van der Waals surface area contributed by atoms with Crippen LogP contribution in [0.1, 0.15) is 24.2 Å². The third kappa shape index (κ3) is 3.41. The number of nitrogens with one attached hydrogen (secondary N) is 1. The van der Waals surface area contributed by atoms with E-state index in [1.807, 2.05) is 0 Å². The largest absolute Gasteiger partial charge is 0.479 e. The standard InChI is InChI=1S/C12H13F3N2O4/c1-3-21-9(18)7-5-4-6-16-8(7)17-11(2,10(19)20)12(13,14)15/h4-6H,3H2,1-2H3,(H,16,17)(H,19,20). The van der Waals surface area contributed by atoms with Gasteiger partial charge in [-0.2, -0.15) is 13.2 Å². The molecule has 21 heavy (non-hydrogen) atoms. The summed E-state index contributed by atoms with van der Waals surface area (Å²) in [6.07, 6.45) is -3.97. The van der Waals surface area contributed by atoms with Crippen LogP contribution in [-0.4, -0.2) is 40.4 Å². The first-order valence-electron chi connectivity index (χ1n) is 5.84. The van der Waals surface area contributed by atoms with E-state index in [0.717, 1.165) is 6.20 Å². The molecular formula is C12H13F3N2O4. The molecular weight excluding hydrogens is 293 g/mol. The summed E-state index contributed by atoms with van der Waals surface area (Å²) < 4.78 is 43.5. The highest BCUT2D eigenvalue weighted by Gasteiger charge is 2.58. The fraction of sp³-hybridized carbons (Fsp3) is 0.417. The average Bonchev–Trinajstić information content (AvgIpc) is 2.37. The van der Waals surface area contributed by atoms with E-state index in [9.17, 15) is 22.8 Å². The molecule has 1 aromatic rings. The summed E-state index contributed by atoms with van der Waals surface area (Å²) in [6.45, 7) is 1.99. The quantitative estimate of drug-likeness (QED) is 0.810. The van der Waals surface area contributed by atoms with Gasteiger partial charge in [0.15, 0.2) is 0 Å². The number of alkyl halides is 3. The SMILES string of the molecule is CCOC(=O)c1cccnc1NC(C)(C(=O)O)C(F)(F)F. The summed E-state index contributed by atoms with van der Waals surface area (Å²) in [6, 6.07) is 2.51. The molecule has 1 atom stereocenters. The lowest BCUT2D eigenvalue weighted by Gasteiger charge is -2.29. The molecule has 116 valence electrons. The van der Waals surface area contributed by atoms with Gasteiger partial charge in [0, 0.05) is 6.20 Å². The zero-order chi connectivity index (χ0) is 16.3. The van der Waals surface area contributed by atoms with Crippen LogP contribution in [-0.2, 0) is 9.53 Å². The number of aliphatic carboxylic acids is 1. The molecule has 0 spiro atoms. The molecule has 0 aromatic carbocycles. The second-order valence-electron chi connectivity index (χ2n) is 4.17. The number of rotatable bonds is 5. The van der Waals surface area contributed by atoms with Crippen molar-refractivity contribution < 1.29 is 32.6 Å². The molecule has 0 bridgehead atoms. The van der Waals surface area contributed by atoms with Gasteiger partial charge in [-0.05, 0) is 26.0 Å². The number of ether oxygens (including phenoxy) is 1. The Bertz CT molecular complexity index is 548. The third-order valence-corrected chi connectivity index (χ3v) is 2.67. The van der Waals surface area contributed by atoms with Gasteiger partial charge in [-0.25, -0.2) is 14.6 Å². The van der Waals surface area contributed by atoms with Crippen LogP contribution < -0.4 is 5.32 Å². The van der Waals surface area contributed by atoms with Gasteiger partial charge in [-0.1, -0.05) is 0 Å². The summed E-state index contributed by atoms with van der Waals surface area (Å²) in [5.41, 5.74) is -3.57. The molecule has 0 fully saturated rings. The van der Waals surface area contributed by atoms with Crippen LogP contribution in [0.15, 0.2) is 18.3 Å². The second-order valence-corrected chi connectivity index (χ2v) is 4.17. The van der Waals surface area contributed by atoms with Crippen molar-refractivity contribution >= 4 is 17.8 Å². The molecule has 0 aliphatic rings. The molecule has 1 unspecified atom stereocenters. The van der Waals surface area contributed by atoms with Crippen LogP contribution in [0.25, 0.3) is 0 Å². The van der Waals surface area contributed by atoms with Gasteiger partial charge in [-0.3, -0.25) is 0 Å². The Morgan fingerprint density at radius 3 is 2.52 bits per heavy atom. The highest BCUT2D eigenvalue weighted by molar-refractivity contribution is 5.95. The molecule has 0 radical (unpaired) electrons. The number of carbonyl (C=O) groups is 2. The maximum Gasteiger partial charge on any atom is 0.422 e. The van der Waals surface area contributed by atoms with Crippen molar-refractivity contribution in [3.8, 4) is 0 Å². The molecule has 1 rings (SSSR count). The molecule has 0 saturated carbocycles. The Balaban J connectivity index is 3.23. The highest BCUT2D eigenvalue weighted by atomic mass is 19.4. The van der Waals surface area contributed by atoms with Crippen LogP contribution in [0.3, 0.4) is 0 Å². The van der Waals surface area contributed by atoms with E-state index in [1.54, 1.807) is 5.32 Å². The Morgan fingerprint density at radius 1 is 1.43 bits per heavy atom. The van der Waals surface area contributed by atoms with Gasteiger partial charge >= 0.3 is 18.1 Å². The number of esters is 1. The summed E-state index contributed by atoms with van der Waals surface area (Å²) in [7, 11) is 0. The van der Waals surface area contributed by atoms with E-state index in [4.69, 9.17) is 5.11 Å². The monoisotopic (exact) mass is 306 g/mol. The Hall–Kier alpha value is -2.32. The molecule has 1 heterocycles. The molecule has 1 aromatic heterocycles. The average molecular weight is 306 g/mol. The summed E-state index contributed by atoms with van der Waals surface area (Å²) >= 11 is 0. The van der Waals surface area contributed by atoms with E-state index in [-0.39, 0.29) is 12.2 Å². The van der Waals surface area contributed by atoms with Gasteiger partial charge in [0.2, 0.25) is 5.54 Å². The number of carbonyl (C=O) groups excluding carboxylic acids is 1. The number of hydrogen-bond donors (Lipinski definition) is 2. The highest BCUT2D eigenvalue weighted by Crippen LogP contribution is 2.34. The van der Waals surface area contributed by atoms with E-state index >= 15 is 0 Å². The number of halogens is 3. The Morgan fingerprint density at radius 2 is 2.05 bits per heavy atom. The van der Waals surface area contributed by atoms with Crippen molar-refractivity contribution in [2.24, 2.45) is 0 Å². The van der Waals surface area contributed by atoms with E-state index in [2.05, 4.69) is 9.72 Å². The first kappa shape index (κ1) is 16.7. The van der Waals surface area contributed by atoms with E-state index < -0.39 is 29.5 Å². The number of pyridine rings is 1. The van der Waals surface area contributed by atoms with Gasteiger partial charge < -0.3 is 15.2 Å². The summed E-state index contributed by atoms with van der Waals surface area (Å²) in [4.78, 5) is 26.2. The summed E-state index contributed by atoms with van der Waals surface area (Å²) in [5.74, 6) is -3.56. The maximum atomic E-state index is 12.9. The lowest BCUT2D eigenvalue weighted by molar-refractivity contribution is -0.193. The van der Waals surface area contributed by atoms with Crippen LogP contribution >= 0.6 is 0 Å². The summed E-state index contributed by atoms with van der Waals surface area (Å²) in [5, 5.41) is 10.6. The fourth-order valence-electron chi connectivity index (χ4n) is 1.36. The Kier molecular flexibility index (Phi) is 4.77. The van der Waals surface area contributed by atoms with Crippen LogP contribution in [0, 0.1) is 0 Å². The van der Waals surface area contributed by atoms with Gasteiger partial charge in [-0.15, -0.1) is 0 Å². The minimum absolute atomic E-state index is 0.0165. The zero-order valence-corrected chi connectivity index (χ0v) is 11.2. The van der Waals surface area contributed by atoms with Crippen molar-refractivity contribution in [1.82, 2.24) is 4.98 Å². The predicted molar refractivity (Wildman–Crippen MR) is 65.9 cm³/mol. The smallest absolute Gasteiger partial charge is 0.422 e. The van der Waals surface area contributed by atoms with Crippen LogP contribution in [0.4, 0.5) is 19.0 Å². The van der Waals surface area contributed by atoms with Crippen molar-refractivity contribution in [2.45, 2.75) is 25.6 Å². The maximum absolute atomic E-state index is 12.9.